The molecule has 2 aliphatic rings. The molecule has 20 heavy (non-hydrogen) atoms. The van der Waals surface area contributed by atoms with Crippen molar-refractivity contribution < 1.29 is 9.57 Å². The average molecular weight is 283 g/mol. The highest BCUT2D eigenvalue weighted by molar-refractivity contribution is 5.78. The van der Waals surface area contributed by atoms with Crippen LogP contribution in [0, 0.1) is 5.92 Å². The molecule has 116 valence electrons. The van der Waals surface area contributed by atoms with Crippen molar-refractivity contribution in [1.29, 1.82) is 0 Å². The van der Waals surface area contributed by atoms with Gasteiger partial charge in [0.1, 0.15) is 6.10 Å². The van der Waals surface area contributed by atoms with E-state index in [0.29, 0.717) is 12.5 Å². The Morgan fingerprint density at radius 3 is 2.80 bits per heavy atom. The Morgan fingerprint density at radius 2 is 2.10 bits per heavy atom. The second kappa shape index (κ2) is 7.84. The number of rotatable bonds is 6. The van der Waals surface area contributed by atoms with Gasteiger partial charge in [-0.05, 0) is 53.0 Å². The summed E-state index contributed by atoms with van der Waals surface area (Å²) in [6, 6.07) is 0. The van der Waals surface area contributed by atoms with Gasteiger partial charge in [-0.2, -0.15) is 0 Å². The minimum Gasteiger partial charge on any atom is -0.470 e. The van der Waals surface area contributed by atoms with E-state index in [1.165, 1.54) is 12.8 Å². The molecule has 5 heteroatoms. The third kappa shape index (κ3) is 4.63. The normalized spacial score (nSPS) is 25.2. The molecule has 0 N–H and O–H groups in total. The minimum absolute atomic E-state index is 0.129. The van der Waals surface area contributed by atoms with Crippen molar-refractivity contribution in [2.45, 2.75) is 38.7 Å². The van der Waals surface area contributed by atoms with E-state index in [2.05, 4.69) is 36.0 Å². The maximum Gasteiger partial charge on any atom is 0.229 e. The van der Waals surface area contributed by atoms with Crippen molar-refractivity contribution in [3.8, 4) is 0 Å². The molecule has 0 spiro atoms. The molecular weight excluding hydrogens is 254 g/mol. The van der Waals surface area contributed by atoms with Crippen LogP contribution in [0.3, 0.4) is 0 Å². The molecule has 0 aromatic heterocycles. The zero-order valence-corrected chi connectivity index (χ0v) is 13.2. The highest BCUT2D eigenvalue weighted by Gasteiger charge is 2.29. The van der Waals surface area contributed by atoms with Crippen LogP contribution in [0.1, 0.15) is 32.6 Å². The summed E-state index contributed by atoms with van der Waals surface area (Å²) in [5.41, 5.74) is 0. The van der Waals surface area contributed by atoms with Gasteiger partial charge in [-0.3, -0.25) is 0 Å². The van der Waals surface area contributed by atoms with E-state index in [0.717, 1.165) is 44.9 Å². The third-order valence-corrected chi connectivity index (χ3v) is 4.18. The first-order valence-electron chi connectivity index (χ1n) is 7.92. The number of hydrogen-bond donors (Lipinski definition) is 0. The van der Waals surface area contributed by atoms with Crippen molar-refractivity contribution in [3.63, 3.8) is 0 Å². The first-order valence-corrected chi connectivity index (χ1v) is 7.92. The summed E-state index contributed by atoms with van der Waals surface area (Å²) in [7, 11) is 4.32. The summed E-state index contributed by atoms with van der Waals surface area (Å²) in [4.78, 5) is 10.1. The van der Waals surface area contributed by atoms with Crippen molar-refractivity contribution in [3.05, 3.63) is 0 Å². The SMILES string of the molecule is CCCCN(C)CC1CON=C(C2CCN(C)CC2)O1. The maximum absolute atomic E-state index is 6.08. The van der Waals surface area contributed by atoms with Gasteiger partial charge in [0.15, 0.2) is 6.61 Å². The van der Waals surface area contributed by atoms with E-state index >= 15 is 0 Å². The predicted molar refractivity (Wildman–Crippen MR) is 80.9 cm³/mol. The minimum atomic E-state index is 0.129. The number of piperidine rings is 1. The number of likely N-dealkylation sites (tertiary alicyclic amines) is 1. The fraction of sp³-hybridized carbons (Fsp3) is 0.933. The fourth-order valence-electron chi connectivity index (χ4n) is 2.79. The van der Waals surface area contributed by atoms with E-state index in [9.17, 15) is 0 Å². The molecule has 0 radical (unpaired) electrons. The summed E-state index contributed by atoms with van der Waals surface area (Å²) in [5.74, 6) is 1.27. The Bertz CT molecular complexity index is 314. The molecule has 2 heterocycles. The summed E-state index contributed by atoms with van der Waals surface area (Å²) >= 11 is 0. The zero-order chi connectivity index (χ0) is 14.4. The quantitative estimate of drug-likeness (QED) is 0.745. The molecule has 1 unspecified atom stereocenters. The molecule has 0 aliphatic carbocycles. The van der Waals surface area contributed by atoms with Gasteiger partial charge in [0.05, 0.1) is 0 Å². The summed E-state index contributed by atoms with van der Waals surface area (Å²) in [6.07, 6.45) is 4.84. The molecule has 2 rings (SSSR count). The molecule has 0 aromatic carbocycles. The molecule has 1 fully saturated rings. The molecule has 0 amide bonds. The number of ether oxygens (including phenoxy) is 1. The zero-order valence-electron chi connectivity index (χ0n) is 13.2. The van der Waals surface area contributed by atoms with Crippen LogP contribution in [0.2, 0.25) is 0 Å². The first-order chi connectivity index (χ1) is 9.69. The van der Waals surface area contributed by atoms with Crippen molar-refractivity contribution >= 4 is 5.90 Å². The molecule has 0 saturated carbocycles. The van der Waals surface area contributed by atoms with Crippen LogP contribution in [0.25, 0.3) is 0 Å². The van der Waals surface area contributed by atoms with Crippen molar-refractivity contribution in [2.24, 2.45) is 11.1 Å². The van der Waals surface area contributed by atoms with Gasteiger partial charge in [-0.1, -0.05) is 18.5 Å². The second-order valence-electron chi connectivity index (χ2n) is 6.16. The summed E-state index contributed by atoms with van der Waals surface area (Å²) in [6.45, 7) is 7.08. The Balaban J connectivity index is 1.77. The van der Waals surface area contributed by atoms with Gasteiger partial charge in [-0.15, -0.1) is 0 Å². The summed E-state index contributed by atoms with van der Waals surface area (Å²) in [5, 5.41) is 4.16. The lowest BCUT2D eigenvalue weighted by atomic mass is 9.97. The average Bonchev–Trinajstić information content (AvgIpc) is 2.46. The van der Waals surface area contributed by atoms with Gasteiger partial charge in [0.2, 0.25) is 5.90 Å². The predicted octanol–water partition coefficient (Wildman–Crippen LogP) is 1.79. The number of oxime groups is 1. The van der Waals surface area contributed by atoms with Crippen molar-refractivity contribution in [2.75, 3.05) is 46.9 Å². The van der Waals surface area contributed by atoms with Crippen LogP contribution in [-0.2, 0) is 9.57 Å². The lowest BCUT2D eigenvalue weighted by Crippen LogP contribution is -2.42. The van der Waals surface area contributed by atoms with Gasteiger partial charge in [-0.25, -0.2) is 0 Å². The molecule has 1 atom stereocenters. The van der Waals surface area contributed by atoms with Crippen LogP contribution < -0.4 is 0 Å². The molecule has 1 saturated heterocycles. The molecule has 5 nitrogen and oxygen atoms in total. The highest BCUT2D eigenvalue weighted by Crippen LogP contribution is 2.21. The Labute approximate surface area is 122 Å². The monoisotopic (exact) mass is 283 g/mol. The lowest BCUT2D eigenvalue weighted by molar-refractivity contribution is -0.0123. The molecule has 2 aliphatic heterocycles. The number of hydrogen-bond acceptors (Lipinski definition) is 5. The smallest absolute Gasteiger partial charge is 0.229 e. The molecule has 0 bridgehead atoms. The maximum atomic E-state index is 6.08. The van der Waals surface area contributed by atoms with E-state index in [1.807, 2.05) is 0 Å². The third-order valence-electron chi connectivity index (χ3n) is 4.18. The van der Waals surface area contributed by atoms with Crippen LogP contribution in [0.5, 0.6) is 0 Å². The summed E-state index contributed by atoms with van der Waals surface area (Å²) < 4.78 is 6.08. The standard InChI is InChI=1S/C15H29N3O2/c1-4-5-8-18(3)11-14-12-19-16-15(20-14)13-6-9-17(2)10-7-13/h13-14H,4-12H2,1-3H3. The van der Waals surface area contributed by atoms with Gasteiger partial charge in [0.25, 0.3) is 0 Å². The fourth-order valence-corrected chi connectivity index (χ4v) is 2.79. The first kappa shape index (κ1) is 15.6. The van der Waals surface area contributed by atoms with Gasteiger partial charge >= 0.3 is 0 Å². The lowest BCUT2D eigenvalue weighted by Gasteiger charge is -2.33. The van der Waals surface area contributed by atoms with Crippen LogP contribution in [0.15, 0.2) is 5.16 Å². The van der Waals surface area contributed by atoms with E-state index in [4.69, 9.17) is 9.57 Å². The Kier molecular flexibility index (Phi) is 6.10. The van der Waals surface area contributed by atoms with E-state index in [1.54, 1.807) is 0 Å². The topological polar surface area (TPSA) is 37.3 Å². The van der Waals surface area contributed by atoms with Crippen LogP contribution in [-0.4, -0.2) is 68.7 Å². The van der Waals surface area contributed by atoms with Crippen LogP contribution >= 0.6 is 0 Å². The van der Waals surface area contributed by atoms with Crippen LogP contribution in [0.4, 0.5) is 0 Å². The molecular formula is C15H29N3O2. The van der Waals surface area contributed by atoms with Gasteiger partial charge in [0, 0.05) is 12.5 Å². The van der Waals surface area contributed by atoms with Crippen molar-refractivity contribution in [1.82, 2.24) is 9.80 Å². The Hall–Kier alpha value is -0.810. The largest absolute Gasteiger partial charge is 0.470 e. The van der Waals surface area contributed by atoms with E-state index < -0.39 is 0 Å². The second-order valence-corrected chi connectivity index (χ2v) is 6.16. The molecule has 0 aromatic rings. The Morgan fingerprint density at radius 1 is 1.35 bits per heavy atom. The van der Waals surface area contributed by atoms with Gasteiger partial charge < -0.3 is 19.4 Å². The number of nitrogens with zero attached hydrogens (tertiary/aromatic N) is 3. The van der Waals surface area contributed by atoms with E-state index in [-0.39, 0.29) is 6.10 Å². The highest BCUT2D eigenvalue weighted by atomic mass is 16.7. The number of likely N-dealkylation sites (N-methyl/N-ethyl adjacent to an activating group) is 1. The number of unbranched alkanes of at least 4 members (excludes halogenated alkanes) is 1.